The van der Waals surface area contributed by atoms with E-state index in [1.165, 1.54) is 50.3 Å². The van der Waals surface area contributed by atoms with E-state index >= 15 is 0 Å². The standard InChI is InChI=1S/C25H37N3O/c1-3-27(22-24-8-5-4-6-9-24)20-21-29-25-13-11-23(12-14-25)10-7-15-28-18-16-26(2)17-19-28/h4-6,8-9,11-14H,3,7,10,15-22H2,1-2H3. The first-order valence-corrected chi connectivity index (χ1v) is 11.1. The Kier molecular flexibility index (Phi) is 9.00. The van der Waals surface area contributed by atoms with Crippen LogP contribution in [0.15, 0.2) is 54.6 Å². The van der Waals surface area contributed by atoms with Gasteiger partial charge in [-0.3, -0.25) is 4.90 Å². The van der Waals surface area contributed by atoms with E-state index in [2.05, 4.69) is 83.3 Å². The van der Waals surface area contributed by atoms with Gasteiger partial charge in [0.25, 0.3) is 0 Å². The summed E-state index contributed by atoms with van der Waals surface area (Å²) in [7, 11) is 2.21. The summed E-state index contributed by atoms with van der Waals surface area (Å²) in [6, 6.07) is 19.3. The molecule has 0 spiro atoms. The van der Waals surface area contributed by atoms with Gasteiger partial charge in [-0.25, -0.2) is 0 Å². The van der Waals surface area contributed by atoms with Gasteiger partial charge in [0.1, 0.15) is 12.4 Å². The molecule has 0 aliphatic carbocycles. The van der Waals surface area contributed by atoms with Crippen molar-refractivity contribution in [3.63, 3.8) is 0 Å². The maximum absolute atomic E-state index is 5.99. The van der Waals surface area contributed by atoms with Crippen molar-refractivity contribution in [3.8, 4) is 5.75 Å². The first-order chi connectivity index (χ1) is 14.2. The lowest BCUT2D eigenvalue weighted by atomic mass is 10.1. The molecule has 0 unspecified atom stereocenters. The van der Waals surface area contributed by atoms with Crippen molar-refractivity contribution >= 4 is 0 Å². The lowest BCUT2D eigenvalue weighted by Crippen LogP contribution is -2.44. The van der Waals surface area contributed by atoms with E-state index in [9.17, 15) is 0 Å². The van der Waals surface area contributed by atoms with Crippen LogP contribution in [0.3, 0.4) is 0 Å². The van der Waals surface area contributed by atoms with Gasteiger partial charge in [0.15, 0.2) is 0 Å². The van der Waals surface area contributed by atoms with Gasteiger partial charge in [0, 0.05) is 39.3 Å². The lowest BCUT2D eigenvalue weighted by Gasteiger charge is -2.32. The zero-order valence-corrected chi connectivity index (χ0v) is 18.2. The fourth-order valence-corrected chi connectivity index (χ4v) is 3.81. The zero-order valence-electron chi connectivity index (χ0n) is 18.2. The minimum absolute atomic E-state index is 0.726. The second-order valence-electron chi connectivity index (χ2n) is 8.10. The number of nitrogens with zero attached hydrogens (tertiary/aromatic N) is 3. The largest absolute Gasteiger partial charge is 0.492 e. The maximum Gasteiger partial charge on any atom is 0.119 e. The Balaban J connectivity index is 1.33. The molecular formula is C25H37N3O. The van der Waals surface area contributed by atoms with Gasteiger partial charge in [0.05, 0.1) is 0 Å². The molecule has 0 bridgehead atoms. The van der Waals surface area contributed by atoms with Gasteiger partial charge in [0.2, 0.25) is 0 Å². The third-order valence-electron chi connectivity index (χ3n) is 5.83. The molecule has 0 radical (unpaired) electrons. The van der Waals surface area contributed by atoms with E-state index < -0.39 is 0 Å². The molecule has 29 heavy (non-hydrogen) atoms. The molecule has 2 aromatic rings. The van der Waals surface area contributed by atoms with E-state index in [0.29, 0.717) is 0 Å². The SMILES string of the molecule is CCN(CCOc1ccc(CCCN2CCN(C)CC2)cc1)Cc1ccccc1. The van der Waals surface area contributed by atoms with Crippen LogP contribution in [-0.2, 0) is 13.0 Å². The smallest absolute Gasteiger partial charge is 0.119 e. The lowest BCUT2D eigenvalue weighted by molar-refractivity contribution is 0.153. The minimum Gasteiger partial charge on any atom is -0.492 e. The van der Waals surface area contributed by atoms with Gasteiger partial charge in [-0.2, -0.15) is 0 Å². The molecule has 1 aliphatic rings. The predicted octanol–water partition coefficient (Wildman–Crippen LogP) is 3.77. The number of likely N-dealkylation sites (N-methyl/N-ethyl adjacent to an activating group) is 2. The molecule has 3 rings (SSSR count). The van der Waals surface area contributed by atoms with Crippen molar-refractivity contribution in [2.24, 2.45) is 0 Å². The summed E-state index contributed by atoms with van der Waals surface area (Å²) >= 11 is 0. The van der Waals surface area contributed by atoms with Crippen molar-refractivity contribution in [1.82, 2.24) is 14.7 Å². The summed E-state index contributed by atoms with van der Waals surface area (Å²) in [5.41, 5.74) is 2.76. The molecule has 0 atom stereocenters. The average molecular weight is 396 g/mol. The Labute approximate surface area is 177 Å². The molecule has 1 aliphatic heterocycles. The molecule has 4 nitrogen and oxygen atoms in total. The predicted molar refractivity (Wildman–Crippen MR) is 122 cm³/mol. The average Bonchev–Trinajstić information content (AvgIpc) is 2.76. The van der Waals surface area contributed by atoms with Crippen molar-refractivity contribution in [2.75, 3.05) is 59.5 Å². The minimum atomic E-state index is 0.726. The Morgan fingerprint density at radius 1 is 0.897 bits per heavy atom. The van der Waals surface area contributed by atoms with E-state index in [0.717, 1.165) is 38.4 Å². The third kappa shape index (κ3) is 7.81. The fourth-order valence-electron chi connectivity index (χ4n) is 3.81. The number of hydrogen-bond acceptors (Lipinski definition) is 4. The molecule has 0 saturated carbocycles. The Morgan fingerprint density at radius 3 is 2.31 bits per heavy atom. The number of hydrogen-bond donors (Lipinski definition) is 0. The van der Waals surface area contributed by atoms with Crippen LogP contribution < -0.4 is 4.74 Å². The summed E-state index contributed by atoms with van der Waals surface area (Å²) in [6.45, 7) is 11.9. The first-order valence-electron chi connectivity index (χ1n) is 11.1. The number of aryl methyl sites for hydroxylation is 1. The molecule has 1 saturated heterocycles. The zero-order chi connectivity index (χ0) is 20.3. The van der Waals surface area contributed by atoms with E-state index in [-0.39, 0.29) is 0 Å². The Morgan fingerprint density at radius 2 is 1.62 bits per heavy atom. The Hall–Kier alpha value is -1.88. The highest BCUT2D eigenvalue weighted by Gasteiger charge is 2.12. The molecule has 0 N–H and O–H groups in total. The molecule has 2 aromatic carbocycles. The number of benzene rings is 2. The normalized spacial score (nSPS) is 15.7. The molecule has 0 aromatic heterocycles. The van der Waals surface area contributed by atoms with Crippen molar-refractivity contribution in [3.05, 3.63) is 65.7 Å². The van der Waals surface area contributed by atoms with Crippen molar-refractivity contribution in [2.45, 2.75) is 26.3 Å². The summed E-state index contributed by atoms with van der Waals surface area (Å²) in [5.74, 6) is 0.976. The van der Waals surface area contributed by atoms with Crippen LogP contribution in [-0.4, -0.2) is 74.2 Å². The van der Waals surface area contributed by atoms with Crippen LogP contribution >= 0.6 is 0 Å². The molecule has 1 fully saturated rings. The fraction of sp³-hybridized carbons (Fsp3) is 0.520. The summed E-state index contributed by atoms with van der Waals surface area (Å²) in [6.07, 6.45) is 2.38. The van der Waals surface area contributed by atoms with Gasteiger partial charge in [-0.05, 0) is 56.2 Å². The van der Waals surface area contributed by atoms with Gasteiger partial charge < -0.3 is 14.5 Å². The molecule has 1 heterocycles. The van der Waals surface area contributed by atoms with Crippen LogP contribution in [0.1, 0.15) is 24.5 Å². The second kappa shape index (κ2) is 12.0. The Bertz CT molecular complexity index is 681. The van der Waals surface area contributed by atoms with E-state index in [1.54, 1.807) is 0 Å². The van der Waals surface area contributed by atoms with Gasteiger partial charge >= 0.3 is 0 Å². The number of ether oxygens (including phenoxy) is 1. The van der Waals surface area contributed by atoms with Crippen molar-refractivity contribution < 1.29 is 4.74 Å². The van der Waals surface area contributed by atoms with Crippen LogP contribution in [0.25, 0.3) is 0 Å². The van der Waals surface area contributed by atoms with E-state index in [1.807, 2.05) is 0 Å². The van der Waals surface area contributed by atoms with Gasteiger partial charge in [-0.1, -0.05) is 49.4 Å². The molecular weight excluding hydrogens is 358 g/mol. The second-order valence-corrected chi connectivity index (χ2v) is 8.10. The van der Waals surface area contributed by atoms with Crippen LogP contribution in [0.2, 0.25) is 0 Å². The highest BCUT2D eigenvalue weighted by molar-refractivity contribution is 5.27. The van der Waals surface area contributed by atoms with Crippen LogP contribution in [0.4, 0.5) is 0 Å². The van der Waals surface area contributed by atoms with E-state index in [4.69, 9.17) is 4.74 Å². The summed E-state index contributed by atoms with van der Waals surface area (Å²) in [4.78, 5) is 7.42. The van der Waals surface area contributed by atoms with Crippen LogP contribution in [0.5, 0.6) is 5.75 Å². The first kappa shape index (κ1) is 21.8. The quantitative estimate of drug-likeness (QED) is 0.576. The highest BCUT2D eigenvalue weighted by Crippen LogP contribution is 2.14. The summed E-state index contributed by atoms with van der Waals surface area (Å²) in [5, 5.41) is 0. The van der Waals surface area contributed by atoms with Crippen LogP contribution in [0, 0.1) is 0 Å². The number of rotatable bonds is 11. The molecule has 0 amide bonds. The topological polar surface area (TPSA) is 19.0 Å². The highest BCUT2D eigenvalue weighted by atomic mass is 16.5. The monoisotopic (exact) mass is 395 g/mol. The maximum atomic E-state index is 5.99. The molecule has 158 valence electrons. The van der Waals surface area contributed by atoms with Gasteiger partial charge in [-0.15, -0.1) is 0 Å². The number of piperazine rings is 1. The molecule has 4 heteroatoms. The summed E-state index contributed by atoms with van der Waals surface area (Å²) < 4.78 is 5.99. The third-order valence-corrected chi connectivity index (χ3v) is 5.83. The van der Waals surface area contributed by atoms with Crippen molar-refractivity contribution in [1.29, 1.82) is 0 Å².